The standard InChI is InChI=1S/C28H39Si3.4C6H16N2.Li/c1-22-16-10-13-19-25(22)29(4,5)28(30(6,7)26-20-14-11-17-23(26)2)31(8,9)27-21-15-12-18-24(27)3;4*1-7(2)5-6-8(3)4;/h10-21H,1-9H3;4*5-6H2,1-4H3;/q-1;;;;;+1. The maximum Gasteiger partial charge on any atom is 1.00 e. The van der Waals surface area contributed by atoms with Gasteiger partial charge in [0.1, 0.15) is 0 Å². The Hall–Kier alpha value is -1.41. The Balaban J connectivity index is -0.000000915. The van der Waals surface area contributed by atoms with Gasteiger partial charge in [-0.25, -0.2) is 0 Å². The summed E-state index contributed by atoms with van der Waals surface area (Å²) in [6.45, 7) is 31.9. The van der Waals surface area contributed by atoms with Gasteiger partial charge in [-0.2, -0.15) is 0 Å². The fraction of sp³-hybridized carbons (Fsp3) is 0.635. The first kappa shape index (κ1) is 66.9. The molecule has 0 saturated carbocycles. The Bertz CT molecular complexity index is 1380. The normalized spacial score (nSPS) is 11.9. The Morgan fingerprint density at radius 3 is 0.562 bits per heavy atom. The van der Waals surface area contributed by atoms with Crippen molar-refractivity contribution in [2.24, 2.45) is 0 Å². The zero-order valence-electron chi connectivity index (χ0n) is 47.2. The molecular formula is C52H103LiN8Si3. The maximum absolute atomic E-state index is 2.63. The molecule has 0 amide bonds. The van der Waals surface area contributed by atoms with E-state index in [0.717, 1.165) is 52.4 Å². The van der Waals surface area contributed by atoms with Crippen LogP contribution in [0.1, 0.15) is 16.7 Å². The van der Waals surface area contributed by atoms with Crippen molar-refractivity contribution >= 4 is 39.8 Å². The predicted octanol–water partition coefficient (Wildman–Crippen LogP) is 3.39. The number of nitrogens with zero attached hydrogens (tertiary/aromatic N) is 8. The Morgan fingerprint density at radius 2 is 0.438 bits per heavy atom. The molecule has 0 saturated heterocycles. The molecule has 64 heavy (non-hydrogen) atoms. The Kier molecular flexibility index (Phi) is 35.5. The summed E-state index contributed by atoms with van der Waals surface area (Å²) in [4.78, 5) is 19.4. The molecule has 0 bridgehead atoms. The van der Waals surface area contributed by atoms with Gasteiger partial charge in [-0.05, 0) is 134 Å². The number of benzene rings is 3. The molecule has 0 atom stereocenters. The zero-order valence-corrected chi connectivity index (χ0v) is 50.2. The van der Waals surface area contributed by atoms with Crippen LogP contribution in [0.3, 0.4) is 0 Å². The van der Waals surface area contributed by atoms with Gasteiger partial charge in [-0.15, -0.1) is 0 Å². The maximum atomic E-state index is 2.63. The molecule has 12 heteroatoms. The summed E-state index contributed by atoms with van der Waals surface area (Å²) in [6.07, 6.45) is 0. The van der Waals surface area contributed by atoms with Gasteiger partial charge < -0.3 is 39.2 Å². The number of rotatable bonds is 18. The zero-order chi connectivity index (χ0) is 49.3. The first-order valence-electron chi connectivity index (χ1n) is 23.2. The van der Waals surface area contributed by atoms with Crippen LogP contribution >= 0.6 is 0 Å². The van der Waals surface area contributed by atoms with E-state index in [1.54, 1.807) is 15.6 Å². The van der Waals surface area contributed by atoms with Gasteiger partial charge in [-0.3, -0.25) is 4.79 Å². The molecule has 3 rings (SSSR count). The molecule has 0 aliphatic carbocycles. The van der Waals surface area contributed by atoms with Crippen LogP contribution in [0.4, 0.5) is 0 Å². The molecule has 0 aromatic heterocycles. The van der Waals surface area contributed by atoms with E-state index in [1.807, 2.05) is 4.79 Å². The third kappa shape index (κ3) is 28.0. The number of likely N-dealkylation sites (N-methyl/N-ethyl adjacent to an activating group) is 8. The minimum atomic E-state index is -1.90. The van der Waals surface area contributed by atoms with Crippen molar-refractivity contribution in [3.05, 3.63) is 94.3 Å². The van der Waals surface area contributed by atoms with Crippen molar-refractivity contribution in [1.29, 1.82) is 0 Å². The van der Waals surface area contributed by atoms with Crippen molar-refractivity contribution in [1.82, 2.24) is 39.2 Å². The molecule has 0 N–H and O–H groups in total. The SMILES string of the molecule is CN(C)CCN(C)C.CN(C)CCN(C)C.CN(C)CCN(C)C.CN(C)CCN(C)C.Cc1ccccc1[Si](C)(C)[C-]([Si](C)(C)c1ccccc1C)[Si](C)(C)c1ccccc1C.[Li+]. The van der Waals surface area contributed by atoms with Gasteiger partial charge >= 0.3 is 18.9 Å². The second-order valence-electron chi connectivity index (χ2n) is 21.1. The van der Waals surface area contributed by atoms with Crippen LogP contribution in [0.2, 0.25) is 39.3 Å². The van der Waals surface area contributed by atoms with Crippen LogP contribution in [0.5, 0.6) is 0 Å². The molecule has 8 nitrogen and oxygen atoms in total. The van der Waals surface area contributed by atoms with Crippen LogP contribution in [0.25, 0.3) is 0 Å². The Labute approximate surface area is 414 Å². The molecule has 0 spiro atoms. The van der Waals surface area contributed by atoms with Crippen LogP contribution in [0, 0.1) is 25.6 Å². The van der Waals surface area contributed by atoms with E-state index in [-0.39, 0.29) is 18.9 Å². The molecule has 364 valence electrons. The van der Waals surface area contributed by atoms with Gasteiger partial charge in [0.25, 0.3) is 0 Å². The van der Waals surface area contributed by atoms with E-state index in [1.165, 1.54) is 16.7 Å². The van der Waals surface area contributed by atoms with E-state index in [4.69, 9.17) is 0 Å². The van der Waals surface area contributed by atoms with E-state index < -0.39 is 24.2 Å². The smallest absolute Gasteiger partial charge is 0.308 e. The second kappa shape index (κ2) is 34.0. The average Bonchev–Trinajstić information content (AvgIpc) is 3.15. The summed E-state index contributed by atoms with van der Waals surface area (Å²) < 4.78 is 0. The van der Waals surface area contributed by atoms with Gasteiger partial charge in [0, 0.05) is 52.4 Å². The monoisotopic (exact) mass is 931 g/mol. The number of hydrogen-bond donors (Lipinski definition) is 0. The van der Waals surface area contributed by atoms with Crippen molar-refractivity contribution in [2.45, 2.75) is 60.1 Å². The minimum Gasteiger partial charge on any atom is -0.308 e. The topological polar surface area (TPSA) is 25.9 Å². The van der Waals surface area contributed by atoms with E-state index in [0.29, 0.717) is 0 Å². The molecule has 0 fully saturated rings. The molecule has 0 radical (unpaired) electrons. The summed E-state index contributed by atoms with van der Waals surface area (Å²) in [5, 5.41) is 4.86. The largest absolute Gasteiger partial charge is 1.00 e. The van der Waals surface area contributed by atoms with E-state index in [2.05, 4.69) is 285 Å². The first-order chi connectivity index (χ1) is 28.9. The number of hydrogen-bond acceptors (Lipinski definition) is 8. The summed E-state index contributed by atoms with van der Waals surface area (Å²) >= 11 is 0. The predicted molar refractivity (Wildman–Crippen MR) is 297 cm³/mol. The molecule has 0 aliphatic heterocycles. The summed E-state index contributed by atoms with van der Waals surface area (Å²) in [6, 6.07) is 27.5. The summed E-state index contributed by atoms with van der Waals surface area (Å²) in [5.74, 6) is 0. The van der Waals surface area contributed by atoms with E-state index >= 15 is 0 Å². The molecule has 3 aromatic carbocycles. The van der Waals surface area contributed by atoms with Gasteiger partial charge in [0.15, 0.2) is 0 Å². The third-order valence-corrected chi connectivity index (χ3v) is 32.0. The second-order valence-corrected chi connectivity index (χ2v) is 35.5. The van der Waals surface area contributed by atoms with E-state index in [9.17, 15) is 0 Å². The molecular weight excluding hydrogens is 828 g/mol. The van der Waals surface area contributed by atoms with Crippen LogP contribution < -0.4 is 34.4 Å². The van der Waals surface area contributed by atoms with Gasteiger partial charge in [0.05, 0.1) is 0 Å². The van der Waals surface area contributed by atoms with Gasteiger partial charge in [-0.1, -0.05) is 169 Å². The average molecular weight is 932 g/mol. The van der Waals surface area contributed by atoms with Crippen LogP contribution in [-0.2, 0) is 0 Å². The Morgan fingerprint density at radius 1 is 0.297 bits per heavy atom. The molecule has 0 aliphatic rings. The fourth-order valence-electron chi connectivity index (χ4n) is 8.17. The van der Waals surface area contributed by atoms with Crippen LogP contribution in [-0.4, -0.2) is 229 Å². The molecule has 3 aromatic rings. The van der Waals surface area contributed by atoms with Crippen molar-refractivity contribution < 1.29 is 18.9 Å². The van der Waals surface area contributed by atoms with Crippen molar-refractivity contribution in [3.63, 3.8) is 0 Å². The molecule has 0 unspecified atom stereocenters. The van der Waals surface area contributed by atoms with Gasteiger partial charge in [0.2, 0.25) is 0 Å². The van der Waals surface area contributed by atoms with Crippen molar-refractivity contribution in [2.75, 3.05) is 165 Å². The summed E-state index contributed by atoms with van der Waals surface area (Å²) in [7, 11) is 27.7. The fourth-order valence-corrected chi connectivity index (χ4v) is 34.9. The number of aryl methyl sites for hydroxylation is 3. The quantitative estimate of drug-likeness (QED) is 0.142. The minimum absolute atomic E-state index is 0. The first-order valence-corrected chi connectivity index (χ1v) is 32.2. The molecule has 0 heterocycles. The van der Waals surface area contributed by atoms with Crippen LogP contribution in [0.15, 0.2) is 72.8 Å². The van der Waals surface area contributed by atoms with Crippen molar-refractivity contribution in [3.8, 4) is 0 Å². The summed E-state index contributed by atoms with van der Waals surface area (Å²) in [5.41, 5.74) is 4.38. The third-order valence-electron chi connectivity index (χ3n) is 11.3.